The molecule has 57 valence electrons. The molecule has 0 fully saturated rings. The number of pyridine rings is 1. The molecule has 0 amide bonds. The minimum atomic E-state index is -0.844. The second-order valence-corrected chi connectivity index (χ2v) is 2.23. The Morgan fingerprint density at radius 1 is 1.64 bits per heavy atom. The molecular weight excluding hydrogens is 142 g/mol. The summed E-state index contributed by atoms with van der Waals surface area (Å²) in [5.74, 6) is -0.844. The van der Waals surface area contributed by atoms with Gasteiger partial charge in [-0.1, -0.05) is 6.07 Å². The first-order chi connectivity index (χ1) is 5.18. The molecule has 1 heterocycles. The highest BCUT2D eigenvalue weighted by molar-refractivity contribution is 5.69. The predicted molar refractivity (Wildman–Crippen MR) is 40.0 cm³/mol. The first kappa shape index (κ1) is 7.72. The third kappa shape index (κ3) is 2.37. The lowest BCUT2D eigenvalue weighted by molar-refractivity contribution is -0.136. The monoisotopic (exact) mass is 150 g/mol. The largest absolute Gasteiger partial charge is 0.481 e. The summed E-state index contributed by atoms with van der Waals surface area (Å²) in [6, 6.07) is 3.40. The van der Waals surface area contributed by atoms with Crippen LogP contribution in [0.2, 0.25) is 0 Å². The highest BCUT2D eigenvalue weighted by Crippen LogP contribution is 1.99. The molecule has 1 aromatic heterocycles. The summed E-state index contributed by atoms with van der Waals surface area (Å²) in [7, 11) is 0. The quantitative estimate of drug-likeness (QED) is 0.681. The van der Waals surface area contributed by atoms with Crippen molar-refractivity contribution >= 4 is 5.97 Å². The minimum Gasteiger partial charge on any atom is -0.481 e. The zero-order valence-corrected chi connectivity index (χ0v) is 5.95. The second-order valence-electron chi connectivity index (χ2n) is 2.23. The molecule has 1 rings (SSSR count). The predicted octanol–water partition coefficient (Wildman–Crippen LogP) is 0.891. The van der Waals surface area contributed by atoms with Crippen molar-refractivity contribution in [3.8, 4) is 0 Å². The van der Waals surface area contributed by atoms with Gasteiger partial charge in [0.25, 0.3) is 0 Å². The Bertz CT molecular complexity index is 253. The van der Waals surface area contributed by atoms with E-state index in [0.717, 1.165) is 0 Å². The number of aromatic nitrogens is 1. The van der Waals surface area contributed by atoms with Crippen LogP contribution in [0, 0.1) is 6.92 Å². The Balaban J connectivity index is 2.74. The van der Waals surface area contributed by atoms with Crippen molar-refractivity contribution in [2.45, 2.75) is 6.42 Å². The Hall–Kier alpha value is -1.38. The van der Waals surface area contributed by atoms with E-state index in [4.69, 9.17) is 5.11 Å². The average Bonchev–Trinajstić information content (AvgIpc) is 1.93. The van der Waals surface area contributed by atoms with Crippen LogP contribution in [0.15, 0.2) is 18.3 Å². The molecule has 0 aromatic carbocycles. The van der Waals surface area contributed by atoms with Gasteiger partial charge in [-0.2, -0.15) is 0 Å². The van der Waals surface area contributed by atoms with Crippen LogP contribution in [0.5, 0.6) is 0 Å². The minimum absolute atomic E-state index is 0.0211. The fraction of sp³-hybridized carbons (Fsp3) is 0.125. The summed E-state index contributed by atoms with van der Waals surface area (Å²) in [4.78, 5) is 14.1. The van der Waals surface area contributed by atoms with E-state index in [1.54, 1.807) is 12.1 Å². The fourth-order valence-electron chi connectivity index (χ4n) is 0.734. The zero-order valence-electron chi connectivity index (χ0n) is 5.95. The van der Waals surface area contributed by atoms with Crippen LogP contribution in [-0.2, 0) is 11.2 Å². The smallest absolute Gasteiger partial charge is 0.307 e. The molecule has 0 bridgehead atoms. The molecule has 1 radical (unpaired) electrons. The van der Waals surface area contributed by atoms with Crippen LogP contribution in [0.4, 0.5) is 0 Å². The third-order valence-electron chi connectivity index (χ3n) is 1.24. The third-order valence-corrected chi connectivity index (χ3v) is 1.24. The lowest BCUT2D eigenvalue weighted by Gasteiger charge is -1.95. The molecule has 3 heteroatoms. The Morgan fingerprint density at radius 2 is 2.36 bits per heavy atom. The number of carbonyl (C=O) groups is 1. The number of hydrogen-bond donors (Lipinski definition) is 1. The zero-order chi connectivity index (χ0) is 8.27. The SMILES string of the molecule is [CH2]c1ccc(CC(=O)O)cn1. The van der Waals surface area contributed by atoms with Crippen LogP contribution in [0.25, 0.3) is 0 Å². The van der Waals surface area contributed by atoms with Crippen molar-refractivity contribution in [3.63, 3.8) is 0 Å². The van der Waals surface area contributed by atoms with E-state index in [9.17, 15) is 4.79 Å². The summed E-state index contributed by atoms with van der Waals surface area (Å²) in [5, 5.41) is 8.39. The van der Waals surface area contributed by atoms with Gasteiger partial charge in [0, 0.05) is 11.9 Å². The van der Waals surface area contributed by atoms with E-state index < -0.39 is 5.97 Å². The van der Waals surface area contributed by atoms with E-state index in [1.807, 2.05) is 0 Å². The van der Waals surface area contributed by atoms with Crippen molar-refractivity contribution in [1.82, 2.24) is 4.98 Å². The standard InChI is InChI=1S/C8H8NO2/c1-6-2-3-7(5-9-6)4-8(10)11/h2-3,5H,1,4H2,(H,10,11). The Labute approximate surface area is 64.7 Å². The molecule has 1 N–H and O–H groups in total. The van der Waals surface area contributed by atoms with Gasteiger partial charge < -0.3 is 5.11 Å². The van der Waals surface area contributed by atoms with Gasteiger partial charge in [-0.05, 0) is 18.6 Å². The summed E-state index contributed by atoms with van der Waals surface area (Å²) in [6.07, 6.45) is 1.55. The first-order valence-electron chi connectivity index (χ1n) is 3.17. The highest BCUT2D eigenvalue weighted by Gasteiger charge is 1.98. The van der Waals surface area contributed by atoms with Crippen molar-refractivity contribution in [2.75, 3.05) is 0 Å². The molecule has 0 saturated carbocycles. The van der Waals surface area contributed by atoms with Crippen LogP contribution in [-0.4, -0.2) is 16.1 Å². The van der Waals surface area contributed by atoms with Gasteiger partial charge in [-0.25, -0.2) is 0 Å². The summed E-state index contributed by atoms with van der Waals surface area (Å²) in [5.41, 5.74) is 1.35. The maximum absolute atomic E-state index is 10.2. The maximum atomic E-state index is 10.2. The number of carboxylic acids is 1. The molecular formula is C8H8NO2. The Kier molecular flexibility index (Phi) is 2.21. The number of rotatable bonds is 2. The van der Waals surface area contributed by atoms with Gasteiger partial charge in [0.1, 0.15) is 0 Å². The normalized spacial score (nSPS) is 9.55. The van der Waals surface area contributed by atoms with Gasteiger partial charge in [0.15, 0.2) is 0 Å². The molecule has 0 aliphatic carbocycles. The maximum Gasteiger partial charge on any atom is 0.307 e. The lowest BCUT2D eigenvalue weighted by atomic mass is 10.2. The van der Waals surface area contributed by atoms with E-state index >= 15 is 0 Å². The van der Waals surface area contributed by atoms with Gasteiger partial charge in [-0.3, -0.25) is 9.78 Å². The number of hydrogen-bond acceptors (Lipinski definition) is 2. The summed E-state index contributed by atoms with van der Waals surface area (Å²) < 4.78 is 0. The van der Waals surface area contributed by atoms with Crippen molar-refractivity contribution in [3.05, 3.63) is 36.5 Å². The average molecular weight is 150 g/mol. The van der Waals surface area contributed by atoms with Crippen molar-refractivity contribution in [1.29, 1.82) is 0 Å². The number of nitrogens with zero attached hydrogens (tertiary/aromatic N) is 1. The summed E-state index contributed by atoms with van der Waals surface area (Å²) >= 11 is 0. The van der Waals surface area contributed by atoms with Gasteiger partial charge >= 0.3 is 5.97 Å². The number of aliphatic carboxylic acids is 1. The van der Waals surface area contributed by atoms with Crippen molar-refractivity contribution in [2.24, 2.45) is 0 Å². The van der Waals surface area contributed by atoms with E-state index in [0.29, 0.717) is 11.3 Å². The van der Waals surface area contributed by atoms with Crippen LogP contribution in [0.3, 0.4) is 0 Å². The molecule has 0 spiro atoms. The molecule has 1 aromatic rings. The molecule has 11 heavy (non-hydrogen) atoms. The van der Waals surface area contributed by atoms with Crippen LogP contribution >= 0.6 is 0 Å². The van der Waals surface area contributed by atoms with Crippen LogP contribution < -0.4 is 0 Å². The van der Waals surface area contributed by atoms with Gasteiger partial charge in [-0.15, -0.1) is 0 Å². The van der Waals surface area contributed by atoms with E-state index in [1.165, 1.54) is 6.20 Å². The highest BCUT2D eigenvalue weighted by atomic mass is 16.4. The molecule has 0 unspecified atom stereocenters. The van der Waals surface area contributed by atoms with Gasteiger partial charge in [0.2, 0.25) is 0 Å². The molecule has 0 atom stereocenters. The molecule has 3 nitrogen and oxygen atoms in total. The van der Waals surface area contributed by atoms with Crippen LogP contribution in [0.1, 0.15) is 11.3 Å². The second kappa shape index (κ2) is 3.14. The first-order valence-corrected chi connectivity index (χ1v) is 3.17. The summed E-state index contributed by atoms with van der Waals surface area (Å²) in [6.45, 7) is 3.58. The van der Waals surface area contributed by atoms with E-state index in [2.05, 4.69) is 11.9 Å². The van der Waals surface area contributed by atoms with E-state index in [-0.39, 0.29) is 6.42 Å². The number of carboxylic acid groups (broad SMARTS) is 1. The molecule has 0 aliphatic heterocycles. The Morgan fingerprint density at radius 3 is 2.82 bits per heavy atom. The van der Waals surface area contributed by atoms with Crippen molar-refractivity contribution < 1.29 is 9.90 Å². The molecule has 0 saturated heterocycles. The van der Waals surface area contributed by atoms with Gasteiger partial charge in [0.05, 0.1) is 6.42 Å². The molecule has 0 aliphatic rings. The topological polar surface area (TPSA) is 50.2 Å². The lowest BCUT2D eigenvalue weighted by Crippen LogP contribution is -2.00. The fourth-order valence-corrected chi connectivity index (χ4v) is 0.734.